The molecule has 0 bridgehead atoms. The number of hydrogen-bond donors (Lipinski definition) is 0. The van der Waals surface area contributed by atoms with Crippen LogP contribution in [0.3, 0.4) is 0 Å². The van der Waals surface area contributed by atoms with Crippen molar-refractivity contribution in [1.82, 2.24) is 0 Å². The summed E-state index contributed by atoms with van der Waals surface area (Å²) < 4.78 is 123. The molecule has 11 heteroatoms. The molecule has 0 N–H and O–H groups in total. The van der Waals surface area contributed by atoms with Crippen LogP contribution in [0.5, 0.6) is 0 Å². The molecule has 1 unspecified atom stereocenters. The Bertz CT molecular complexity index is 427. The molecule has 0 rings (SSSR count). The molecule has 1 atom stereocenters. The normalized spacial score (nSPS) is 17.0. The van der Waals surface area contributed by atoms with Crippen LogP contribution in [0.25, 0.3) is 0 Å². The monoisotopic (exact) mass is 362 g/mol. The van der Waals surface area contributed by atoms with Gasteiger partial charge in [-0.05, 0) is 20.8 Å². The Morgan fingerprint density at radius 1 is 0.870 bits per heavy atom. The van der Waals surface area contributed by atoms with Crippen molar-refractivity contribution >= 4 is 0 Å². The average Bonchev–Trinajstić information content (AvgIpc) is 2.24. The maximum atomic E-state index is 13.8. The molecule has 0 radical (unpaired) electrons. The maximum absolute atomic E-state index is 13.8. The highest BCUT2D eigenvalue weighted by atomic mass is 19.4. The maximum Gasteiger partial charge on any atom is 0.413 e. The molecule has 0 spiro atoms. The van der Waals surface area contributed by atoms with E-state index in [9.17, 15) is 39.5 Å². The molecule has 138 valence electrons. The standard InChI is InChI=1S/C12H15F9O2/c1-7(13)10(15,16)23-12(20,21)9(4,14)6-22-5-8(2,3)11(17,18)19/h1,5-6H2,2-4H3. The van der Waals surface area contributed by atoms with Crippen LogP contribution in [0.1, 0.15) is 20.8 Å². The van der Waals surface area contributed by atoms with Gasteiger partial charge >= 0.3 is 18.4 Å². The van der Waals surface area contributed by atoms with E-state index in [1.807, 2.05) is 0 Å². The van der Waals surface area contributed by atoms with Crippen LogP contribution in [0.15, 0.2) is 12.4 Å². The van der Waals surface area contributed by atoms with Crippen molar-refractivity contribution < 1.29 is 49.0 Å². The van der Waals surface area contributed by atoms with Crippen LogP contribution >= 0.6 is 0 Å². The Balaban J connectivity index is 4.90. The second kappa shape index (κ2) is 6.50. The summed E-state index contributed by atoms with van der Waals surface area (Å²) in [4.78, 5) is 0. The molecule has 0 saturated heterocycles. The molecule has 0 aliphatic rings. The zero-order valence-electron chi connectivity index (χ0n) is 12.3. The number of alkyl halides is 8. The molecular weight excluding hydrogens is 347 g/mol. The second-order valence-electron chi connectivity index (χ2n) is 5.61. The Hall–Kier alpha value is -0.970. The van der Waals surface area contributed by atoms with Crippen molar-refractivity contribution in [2.24, 2.45) is 5.41 Å². The summed E-state index contributed by atoms with van der Waals surface area (Å²) in [6.07, 6.45) is -15.2. The highest BCUT2D eigenvalue weighted by molar-refractivity contribution is 4.94. The third kappa shape index (κ3) is 5.55. The van der Waals surface area contributed by atoms with Gasteiger partial charge in [0.05, 0.1) is 18.6 Å². The Morgan fingerprint density at radius 2 is 1.30 bits per heavy atom. The molecular formula is C12H15F9O2. The van der Waals surface area contributed by atoms with E-state index in [1.165, 1.54) is 0 Å². The first kappa shape index (κ1) is 22.0. The van der Waals surface area contributed by atoms with E-state index in [2.05, 4.69) is 16.1 Å². The van der Waals surface area contributed by atoms with E-state index in [0.29, 0.717) is 13.8 Å². The van der Waals surface area contributed by atoms with E-state index in [4.69, 9.17) is 0 Å². The van der Waals surface area contributed by atoms with Crippen molar-refractivity contribution in [3.63, 3.8) is 0 Å². The summed E-state index contributed by atoms with van der Waals surface area (Å²) in [6.45, 7) is 0.541. The molecule has 2 nitrogen and oxygen atoms in total. The molecule has 23 heavy (non-hydrogen) atoms. The van der Waals surface area contributed by atoms with Crippen molar-refractivity contribution in [1.29, 1.82) is 0 Å². The molecule has 0 aliphatic carbocycles. The van der Waals surface area contributed by atoms with Gasteiger partial charge in [0.25, 0.3) is 0 Å². The first-order valence-corrected chi connectivity index (χ1v) is 6.00. The van der Waals surface area contributed by atoms with Crippen molar-refractivity contribution in [3.8, 4) is 0 Å². The molecule has 0 aromatic heterocycles. The number of ether oxygens (including phenoxy) is 2. The highest BCUT2D eigenvalue weighted by Gasteiger charge is 2.59. The van der Waals surface area contributed by atoms with Crippen LogP contribution in [0.4, 0.5) is 39.5 Å². The fourth-order valence-electron chi connectivity index (χ4n) is 0.986. The van der Waals surface area contributed by atoms with Gasteiger partial charge in [-0.3, -0.25) is 0 Å². The Morgan fingerprint density at radius 3 is 1.65 bits per heavy atom. The van der Waals surface area contributed by atoms with E-state index in [-0.39, 0.29) is 6.92 Å². The van der Waals surface area contributed by atoms with Crippen molar-refractivity contribution in [3.05, 3.63) is 12.4 Å². The summed E-state index contributed by atoms with van der Waals surface area (Å²) in [7, 11) is 0. The number of rotatable bonds is 8. The average molecular weight is 362 g/mol. The van der Waals surface area contributed by atoms with E-state index >= 15 is 0 Å². The van der Waals surface area contributed by atoms with Gasteiger partial charge in [-0.2, -0.15) is 30.7 Å². The minimum atomic E-state index is -5.26. The minimum absolute atomic E-state index is 0.0602. The summed E-state index contributed by atoms with van der Waals surface area (Å²) in [5.74, 6) is -2.59. The lowest BCUT2D eigenvalue weighted by Gasteiger charge is -2.33. The number of halogens is 9. The topological polar surface area (TPSA) is 18.5 Å². The summed E-state index contributed by atoms with van der Waals surface area (Å²) >= 11 is 0. The van der Waals surface area contributed by atoms with Gasteiger partial charge < -0.3 is 4.74 Å². The molecule has 0 aliphatic heterocycles. The summed E-state index contributed by atoms with van der Waals surface area (Å²) in [5, 5.41) is 0. The highest BCUT2D eigenvalue weighted by Crippen LogP contribution is 2.42. The van der Waals surface area contributed by atoms with E-state index in [0.717, 1.165) is 0 Å². The third-order valence-electron chi connectivity index (χ3n) is 2.78. The first-order chi connectivity index (χ1) is 9.86. The quantitative estimate of drug-likeness (QED) is 0.566. The zero-order chi connectivity index (χ0) is 18.9. The largest absolute Gasteiger partial charge is 0.413 e. The summed E-state index contributed by atoms with van der Waals surface area (Å²) in [6, 6.07) is 0. The van der Waals surface area contributed by atoms with Crippen molar-refractivity contribution in [2.75, 3.05) is 13.2 Å². The number of hydrogen-bond acceptors (Lipinski definition) is 2. The Kier molecular flexibility index (Phi) is 6.23. The second-order valence-corrected chi connectivity index (χ2v) is 5.61. The first-order valence-electron chi connectivity index (χ1n) is 6.00. The van der Waals surface area contributed by atoms with Crippen LogP contribution in [-0.2, 0) is 9.47 Å². The van der Waals surface area contributed by atoms with Gasteiger partial charge in [-0.15, -0.1) is 0 Å². The van der Waals surface area contributed by atoms with Crippen LogP contribution in [-0.4, -0.2) is 37.3 Å². The van der Waals surface area contributed by atoms with Gasteiger partial charge in [0, 0.05) is 0 Å². The minimum Gasteiger partial charge on any atom is -0.377 e. The van der Waals surface area contributed by atoms with Gasteiger partial charge in [-0.1, -0.05) is 6.58 Å². The lowest BCUT2D eigenvalue weighted by atomic mass is 9.94. The fourth-order valence-corrected chi connectivity index (χ4v) is 0.986. The fraction of sp³-hybridized carbons (Fsp3) is 0.833. The zero-order valence-corrected chi connectivity index (χ0v) is 12.3. The van der Waals surface area contributed by atoms with Gasteiger partial charge in [-0.25, -0.2) is 13.5 Å². The molecule has 0 aromatic rings. The van der Waals surface area contributed by atoms with Crippen LogP contribution in [0, 0.1) is 5.41 Å². The SMILES string of the molecule is C=C(F)C(F)(F)OC(F)(F)C(C)(F)COCC(C)(C)C(F)(F)F. The van der Waals surface area contributed by atoms with E-state index < -0.39 is 48.5 Å². The van der Waals surface area contributed by atoms with E-state index in [1.54, 1.807) is 0 Å². The van der Waals surface area contributed by atoms with Gasteiger partial charge in [0.2, 0.25) is 5.67 Å². The molecule has 0 heterocycles. The molecule has 0 fully saturated rings. The predicted molar refractivity (Wildman–Crippen MR) is 61.4 cm³/mol. The third-order valence-corrected chi connectivity index (χ3v) is 2.78. The van der Waals surface area contributed by atoms with Gasteiger partial charge in [0.1, 0.15) is 0 Å². The summed E-state index contributed by atoms with van der Waals surface area (Å²) in [5.41, 5.74) is -6.44. The van der Waals surface area contributed by atoms with Crippen LogP contribution < -0.4 is 0 Å². The molecule has 0 amide bonds. The van der Waals surface area contributed by atoms with Gasteiger partial charge in [0.15, 0.2) is 5.83 Å². The van der Waals surface area contributed by atoms with Crippen LogP contribution in [0.2, 0.25) is 0 Å². The molecule has 0 saturated carbocycles. The Labute approximate surface area is 126 Å². The smallest absolute Gasteiger partial charge is 0.377 e. The predicted octanol–water partition coefficient (Wildman–Crippen LogP) is 5.01. The van der Waals surface area contributed by atoms with Crippen molar-refractivity contribution in [2.45, 2.75) is 44.8 Å². The lowest BCUT2D eigenvalue weighted by molar-refractivity contribution is -0.403. The molecule has 0 aromatic carbocycles. The lowest BCUT2D eigenvalue weighted by Crippen LogP contribution is -2.51.